The number of allylic oxidation sites excluding steroid dienone is 1. The van der Waals surface area contributed by atoms with Crippen LogP contribution in [0.4, 0.5) is 0 Å². The molecule has 0 saturated carbocycles. The molecule has 22 heavy (non-hydrogen) atoms. The van der Waals surface area contributed by atoms with Crippen molar-refractivity contribution in [3.05, 3.63) is 60.0 Å². The number of rotatable bonds is 4. The van der Waals surface area contributed by atoms with E-state index in [4.69, 9.17) is 9.15 Å². The molecule has 0 bridgehead atoms. The fourth-order valence-electron chi connectivity index (χ4n) is 2.17. The smallest absolute Gasteiger partial charge is 0.230 e. The summed E-state index contributed by atoms with van der Waals surface area (Å²) in [5.74, 6) is 1.01. The van der Waals surface area contributed by atoms with E-state index >= 15 is 0 Å². The number of aromatic nitrogens is 1. The Hall–Kier alpha value is -2.88. The van der Waals surface area contributed by atoms with Gasteiger partial charge in [0.05, 0.1) is 12.7 Å². The molecule has 3 aromatic rings. The molecule has 0 atom stereocenters. The third kappa shape index (κ3) is 2.76. The summed E-state index contributed by atoms with van der Waals surface area (Å²) in [6.45, 7) is 1.50. The first-order valence-electron chi connectivity index (χ1n) is 6.90. The van der Waals surface area contributed by atoms with E-state index in [0.717, 1.165) is 16.8 Å². The second kappa shape index (κ2) is 5.85. The average molecular weight is 293 g/mol. The van der Waals surface area contributed by atoms with Crippen LogP contribution in [0.15, 0.2) is 52.9 Å². The molecule has 0 unspecified atom stereocenters. The summed E-state index contributed by atoms with van der Waals surface area (Å²) < 4.78 is 10.8. The fraction of sp³-hybridized carbons (Fsp3) is 0.111. The molecule has 1 heterocycles. The van der Waals surface area contributed by atoms with E-state index in [2.05, 4.69) is 4.98 Å². The van der Waals surface area contributed by atoms with Gasteiger partial charge in [0, 0.05) is 0 Å². The Kier molecular flexibility index (Phi) is 3.74. The van der Waals surface area contributed by atoms with Crippen LogP contribution in [0, 0.1) is 0 Å². The minimum absolute atomic E-state index is 0.0950. The lowest BCUT2D eigenvalue weighted by molar-refractivity contribution is -0.111. The minimum atomic E-state index is -0.0950. The zero-order valence-electron chi connectivity index (χ0n) is 12.4. The zero-order valence-corrected chi connectivity index (χ0v) is 12.4. The predicted octanol–water partition coefficient (Wildman–Crippen LogP) is 3.97. The number of nitrogens with zero attached hydrogens (tertiary/aromatic N) is 1. The number of ketones is 1. The lowest BCUT2D eigenvalue weighted by Gasteiger charge is -2.01. The molecule has 3 rings (SSSR count). The van der Waals surface area contributed by atoms with Crippen LogP contribution in [0.2, 0.25) is 0 Å². The Labute approximate surface area is 128 Å². The van der Waals surface area contributed by atoms with E-state index in [1.807, 2.05) is 48.5 Å². The monoisotopic (exact) mass is 293 g/mol. The maximum atomic E-state index is 12.0. The standard InChI is InChI=1S/C18H15NO3/c1-12(20)15(11-13-7-9-14(21-2)10-8-13)18-19-16-5-3-4-6-17(16)22-18/h3-11H,1-2H3. The topological polar surface area (TPSA) is 52.3 Å². The molecule has 0 aliphatic rings. The summed E-state index contributed by atoms with van der Waals surface area (Å²) >= 11 is 0. The summed E-state index contributed by atoms with van der Waals surface area (Å²) in [5.41, 5.74) is 2.73. The predicted molar refractivity (Wildman–Crippen MR) is 85.6 cm³/mol. The number of methoxy groups -OCH3 is 1. The third-order valence-corrected chi connectivity index (χ3v) is 3.33. The van der Waals surface area contributed by atoms with Gasteiger partial charge in [-0.2, -0.15) is 0 Å². The zero-order chi connectivity index (χ0) is 15.5. The van der Waals surface area contributed by atoms with Gasteiger partial charge in [0.25, 0.3) is 0 Å². The Morgan fingerprint density at radius 2 is 1.86 bits per heavy atom. The van der Waals surface area contributed by atoms with Gasteiger partial charge >= 0.3 is 0 Å². The Morgan fingerprint density at radius 1 is 1.14 bits per heavy atom. The molecule has 4 heteroatoms. The van der Waals surface area contributed by atoms with E-state index in [1.54, 1.807) is 13.2 Å². The highest BCUT2D eigenvalue weighted by molar-refractivity contribution is 6.23. The number of ether oxygens (including phenoxy) is 1. The number of para-hydroxylation sites is 2. The molecule has 0 aliphatic heterocycles. The van der Waals surface area contributed by atoms with E-state index in [1.165, 1.54) is 6.92 Å². The van der Waals surface area contributed by atoms with Crippen molar-refractivity contribution >= 4 is 28.5 Å². The number of carbonyl (C=O) groups is 1. The molecule has 0 amide bonds. The maximum Gasteiger partial charge on any atom is 0.230 e. The van der Waals surface area contributed by atoms with E-state index in [-0.39, 0.29) is 5.78 Å². The van der Waals surface area contributed by atoms with Gasteiger partial charge in [-0.1, -0.05) is 24.3 Å². The molecular formula is C18H15NO3. The normalized spacial score (nSPS) is 11.6. The summed E-state index contributed by atoms with van der Waals surface area (Å²) in [6, 6.07) is 14.9. The number of benzene rings is 2. The molecule has 0 radical (unpaired) electrons. The number of fused-ring (bicyclic) bond motifs is 1. The summed E-state index contributed by atoms with van der Waals surface area (Å²) in [7, 11) is 1.62. The minimum Gasteiger partial charge on any atom is -0.497 e. The van der Waals surface area contributed by atoms with Crippen molar-refractivity contribution in [3.8, 4) is 5.75 Å². The SMILES string of the molecule is COc1ccc(C=C(C(C)=O)c2nc3ccccc3o2)cc1. The first kappa shape index (κ1) is 14.1. The van der Waals surface area contributed by atoms with E-state index < -0.39 is 0 Å². The van der Waals surface area contributed by atoms with Gasteiger partial charge in [0.2, 0.25) is 5.89 Å². The largest absolute Gasteiger partial charge is 0.497 e. The van der Waals surface area contributed by atoms with Crippen molar-refractivity contribution in [2.24, 2.45) is 0 Å². The van der Waals surface area contributed by atoms with E-state index in [0.29, 0.717) is 17.0 Å². The number of hydrogen-bond donors (Lipinski definition) is 0. The molecule has 0 fully saturated rings. The van der Waals surface area contributed by atoms with Gasteiger partial charge in [-0.15, -0.1) is 0 Å². The molecule has 0 aliphatic carbocycles. The molecule has 0 spiro atoms. The lowest BCUT2D eigenvalue weighted by Crippen LogP contribution is -1.96. The first-order chi connectivity index (χ1) is 10.7. The Bertz CT molecular complexity index is 811. The van der Waals surface area contributed by atoms with Crippen molar-refractivity contribution in [3.63, 3.8) is 0 Å². The highest BCUT2D eigenvalue weighted by Gasteiger charge is 2.14. The third-order valence-electron chi connectivity index (χ3n) is 3.33. The van der Waals surface area contributed by atoms with Gasteiger partial charge in [-0.3, -0.25) is 4.79 Å². The highest BCUT2D eigenvalue weighted by atomic mass is 16.5. The lowest BCUT2D eigenvalue weighted by atomic mass is 10.1. The van der Waals surface area contributed by atoms with Gasteiger partial charge in [-0.25, -0.2) is 4.98 Å². The van der Waals surface area contributed by atoms with Crippen LogP contribution in [-0.4, -0.2) is 17.9 Å². The first-order valence-corrected chi connectivity index (χ1v) is 6.90. The van der Waals surface area contributed by atoms with Crippen molar-refractivity contribution in [2.45, 2.75) is 6.92 Å². The van der Waals surface area contributed by atoms with Gasteiger partial charge < -0.3 is 9.15 Å². The van der Waals surface area contributed by atoms with E-state index in [9.17, 15) is 4.79 Å². The van der Waals surface area contributed by atoms with Gasteiger partial charge in [0.1, 0.15) is 11.3 Å². The van der Waals surface area contributed by atoms with Crippen LogP contribution in [0.25, 0.3) is 22.7 Å². The van der Waals surface area contributed by atoms with Crippen LogP contribution >= 0.6 is 0 Å². The quantitative estimate of drug-likeness (QED) is 0.683. The molecule has 0 saturated heterocycles. The number of carbonyl (C=O) groups excluding carboxylic acids is 1. The van der Waals surface area contributed by atoms with Crippen LogP contribution < -0.4 is 4.74 Å². The van der Waals surface area contributed by atoms with Crippen LogP contribution in [0.3, 0.4) is 0 Å². The van der Waals surface area contributed by atoms with Crippen LogP contribution in [-0.2, 0) is 4.79 Å². The van der Waals surface area contributed by atoms with Crippen molar-refractivity contribution in [1.29, 1.82) is 0 Å². The second-order valence-corrected chi connectivity index (χ2v) is 4.87. The molecule has 1 aromatic heterocycles. The highest BCUT2D eigenvalue weighted by Crippen LogP contribution is 2.24. The van der Waals surface area contributed by atoms with Crippen molar-refractivity contribution in [2.75, 3.05) is 7.11 Å². The number of oxazole rings is 1. The summed E-state index contributed by atoms with van der Waals surface area (Å²) in [4.78, 5) is 16.3. The average Bonchev–Trinajstić information content (AvgIpc) is 2.96. The maximum absolute atomic E-state index is 12.0. The molecule has 0 N–H and O–H groups in total. The second-order valence-electron chi connectivity index (χ2n) is 4.87. The fourth-order valence-corrected chi connectivity index (χ4v) is 2.17. The Balaban J connectivity index is 2.04. The molecule has 4 nitrogen and oxygen atoms in total. The number of Topliss-reactive ketones (excluding diaryl/α,β-unsaturated/α-hetero) is 1. The summed E-state index contributed by atoms with van der Waals surface area (Å²) in [5, 5.41) is 0. The van der Waals surface area contributed by atoms with Crippen molar-refractivity contribution < 1.29 is 13.9 Å². The van der Waals surface area contributed by atoms with Gasteiger partial charge in [-0.05, 0) is 42.8 Å². The van der Waals surface area contributed by atoms with Crippen LogP contribution in [0.1, 0.15) is 18.4 Å². The molecular weight excluding hydrogens is 278 g/mol. The van der Waals surface area contributed by atoms with Crippen LogP contribution in [0.5, 0.6) is 5.75 Å². The molecule has 110 valence electrons. The van der Waals surface area contributed by atoms with Crippen molar-refractivity contribution in [1.82, 2.24) is 4.98 Å². The number of hydrogen-bond acceptors (Lipinski definition) is 4. The Morgan fingerprint density at radius 3 is 2.50 bits per heavy atom. The summed E-state index contributed by atoms with van der Waals surface area (Å²) in [6.07, 6.45) is 1.77. The van der Waals surface area contributed by atoms with Gasteiger partial charge in [0.15, 0.2) is 11.4 Å². The molecule has 2 aromatic carbocycles.